The molecular formula is C20H15BrFN3O. The molecule has 0 amide bonds. The van der Waals surface area contributed by atoms with Crippen molar-refractivity contribution < 1.29 is 10.6 Å². The van der Waals surface area contributed by atoms with Crippen molar-refractivity contribution in [2.45, 2.75) is 12.1 Å². The molecule has 4 rings (SSSR count). The highest BCUT2D eigenvalue weighted by molar-refractivity contribution is 9.12. The zero-order valence-corrected chi connectivity index (χ0v) is 15.1. The molecule has 2 unspecified atom stereocenters. The van der Waals surface area contributed by atoms with Crippen molar-refractivity contribution in [3.05, 3.63) is 99.8 Å². The third-order valence-corrected chi connectivity index (χ3v) is 4.96. The molecule has 6 heteroatoms. The van der Waals surface area contributed by atoms with Gasteiger partial charge in [-0.25, -0.2) is 4.39 Å². The molecule has 4 nitrogen and oxygen atoms in total. The van der Waals surface area contributed by atoms with Gasteiger partial charge in [-0.05, 0) is 69.5 Å². The van der Waals surface area contributed by atoms with Crippen LogP contribution in [-0.4, -0.2) is 10.8 Å². The lowest BCUT2D eigenvalue weighted by Gasteiger charge is -2.19. The standard InChI is InChI=1S/C20H15BrFN3O/c21-16-11-14(3-6-17(16)26)20-24-18(12-1-4-15(22)5-2-12)19(25-20)13-7-9-23-10-8-13/h1-11,18-19,24-25H/i6T. The van der Waals surface area contributed by atoms with E-state index >= 15 is 0 Å². The molecule has 1 aromatic heterocycles. The second-order valence-corrected chi connectivity index (χ2v) is 6.87. The molecule has 1 aromatic carbocycles. The van der Waals surface area contributed by atoms with E-state index < -0.39 is 0 Å². The molecule has 0 bridgehead atoms. The lowest BCUT2D eigenvalue weighted by molar-refractivity contribution is -0.110. The summed E-state index contributed by atoms with van der Waals surface area (Å²) in [4.78, 5) is 15.9. The highest BCUT2D eigenvalue weighted by atomic mass is 79.9. The average Bonchev–Trinajstić information content (AvgIpc) is 3.12. The van der Waals surface area contributed by atoms with E-state index in [4.69, 9.17) is 1.37 Å². The fourth-order valence-corrected chi connectivity index (χ4v) is 3.44. The number of ketones is 1. The molecule has 26 heavy (non-hydrogen) atoms. The van der Waals surface area contributed by atoms with Gasteiger partial charge in [0.05, 0.1) is 17.9 Å². The maximum atomic E-state index is 13.4. The first-order valence-electron chi connectivity index (χ1n) is 8.56. The molecule has 1 aliphatic carbocycles. The van der Waals surface area contributed by atoms with Gasteiger partial charge in [-0.2, -0.15) is 0 Å². The fraction of sp³-hybridized carbons (Fsp3) is 0.100. The molecule has 2 atom stereocenters. The normalized spacial score (nSPS) is 25.8. The Labute approximate surface area is 160 Å². The molecule has 1 fully saturated rings. The predicted octanol–water partition coefficient (Wildman–Crippen LogP) is 3.83. The molecule has 2 heterocycles. The third-order valence-electron chi connectivity index (χ3n) is 4.37. The van der Waals surface area contributed by atoms with Crippen molar-refractivity contribution in [2.75, 3.05) is 0 Å². The maximum Gasteiger partial charge on any atom is 0.192 e. The number of rotatable bonds is 2. The summed E-state index contributed by atoms with van der Waals surface area (Å²) in [5, 5.41) is 6.86. The summed E-state index contributed by atoms with van der Waals surface area (Å²) in [6, 6.07) is 9.86. The smallest absolute Gasteiger partial charge is 0.192 e. The van der Waals surface area contributed by atoms with Crippen LogP contribution < -0.4 is 10.6 Å². The second-order valence-electron chi connectivity index (χ2n) is 6.02. The Morgan fingerprint density at radius 3 is 2.27 bits per heavy atom. The molecule has 0 radical (unpaired) electrons. The summed E-state index contributed by atoms with van der Waals surface area (Å²) in [5.41, 5.74) is 2.65. The van der Waals surface area contributed by atoms with E-state index in [1.807, 2.05) is 12.1 Å². The second kappa shape index (κ2) is 6.88. The van der Waals surface area contributed by atoms with Crippen LogP contribution >= 0.6 is 15.9 Å². The van der Waals surface area contributed by atoms with E-state index in [9.17, 15) is 9.18 Å². The topological polar surface area (TPSA) is 54.0 Å². The number of carbonyl (C=O) groups is 1. The Morgan fingerprint density at radius 1 is 1.04 bits per heavy atom. The van der Waals surface area contributed by atoms with Gasteiger partial charge in [0.25, 0.3) is 0 Å². The summed E-state index contributed by atoms with van der Waals surface area (Å²) in [5.74, 6) is 0.0710. The molecule has 1 saturated heterocycles. The van der Waals surface area contributed by atoms with Crippen LogP contribution in [0.3, 0.4) is 0 Å². The van der Waals surface area contributed by atoms with Crippen LogP contribution in [-0.2, 0) is 4.79 Å². The Bertz CT molecular complexity index is 962. The van der Waals surface area contributed by atoms with Crippen LogP contribution in [0.5, 0.6) is 0 Å². The van der Waals surface area contributed by atoms with Gasteiger partial charge in [0, 0.05) is 18.0 Å². The van der Waals surface area contributed by atoms with E-state index in [1.165, 1.54) is 18.2 Å². The van der Waals surface area contributed by atoms with Crippen LogP contribution in [0.2, 0.25) is 0 Å². The SMILES string of the molecule is [3H]C1=CC(=C2NC(c3ccncc3)C(c3ccc(F)cc3)N2)C=C(Br)C1=O. The van der Waals surface area contributed by atoms with E-state index in [0.29, 0.717) is 15.9 Å². The highest BCUT2D eigenvalue weighted by Crippen LogP contribution is 2.36. The van der Waals surface area contributed by atoms with Gasteiger partial charge in [0.1, 0.15) is 11.6 Å². The molecule has 2 N–H and O–H groups in total. The predicted molar refractivity (Wildman–Crippen MR) is 101 cm³/mol. The number of aromatic nitrogens is 1. The third kappa shape index (κ3) is 3.20. The quantitative estimate of drug-likeness (QED) is 0.785. The number of benzene rings is 1. The minimum atomic E-state index is -0.349. The molecule has 2 aliphatic rings. The molecule has 0 spiro atoms. The van der Waals surface area contributed by atoms with Crippen LogP contribution in [0.25, 0.3) is 0 Å². The number of hydrogen-bond acceptors (Lipinski definition) is 4. The number of pyridine rings is 1. The summed E-state index contributed by atoms with van der Waals surface area (Å²) < 4.78 is 21.6. The number of nitrogens with zero attached hydrogens (tertiary/aromatic N) is 1. The highest BCUT2D eigenvalue weighted by Gasteiger charge is 2.33. The van der Waals surface area contributed by atoms with Gasteiger partial charge in [-0.15, -0.1) is 0 Å². The molecular weight excluding hydrogens is 397 g/mol. The zero-order chi connectivity index (χ0) is 19.0. The lowest BCUT2D eigenvalue weighted by atomic mass is 9.95. The largest absolute Gasteiger partial charge is 0.362 e. The first-order valence-corrected chi connectivity index (χ1v) is 8.85. The van der Waals surface area contributed by atoms with Gasteiger partial charge >= 0.3 is 0 Å². The van der Waals surface area contributed by atoms with E-state index in [1.54, 1.807) is 30.6 Å². The van der Waals surface area contributed by atoms with Gasteiger partial charge in [0.15, 0.2) is 5.78 Å². The Hall–Kier alpha value is -2.73. The summed E-state index contributed by atoms with van der Waals surface area (Å²) in [7, 11) is 0. The summed E-state index contributed by atoms with van der Waals surface area (Å²) in [6.45, 7) is 0. The van der Waals surface area contributed by atoms with Crippen molar-refractivity contribution in [2.24, 2.45) is 0 Å². The summed E-state index contributed by atoms with van der Waals surface area (Å²) >= 11 is 3.22. The van der Waals surface area contributed by atoms with E-state index in [-0.39, 0.29) is 29.7 Å². The number of carbonyl (C=O) groups excluding carboxylic acids is 1. The van der Waals surface area contributed by atoms with Crippen molar-refractivity contribution in [1.82, 2.24) is 15.6 Å². The van der Waals surface area contributed by atoms with Gasteiger partial charge in [0.2, 0.25) is 0 Å². The fourth-order valence-electron chi connectivity index (χ4n) is 3.08. The van der Waals surface area contributed by atoms with Crippen molar-refractivity contribution in [1.29, 1.82) is 0 Å². The number of halogens is 2. The Balaban J connectivity index is 1.77. The molecule has 130 valence electrons. The molecule has 2 aromatic rings. The number of nitrogens with one attached hydrogen (secondary N) is 2. The van der Waals surface area contributed by atoms with Crippen LogP contribution in [0.15, 0.2) is 82.9 Å². The van der Waals surface area contributed by atoms with Crippen molar-refractivity contribution >= 4 is 21.7 Å². The van der Waals surface area contributed by atoms with Crippen LogP contribution in [0.4, 0.5) is 4.39 Å². The van der Waals surface area contributed by atoms with E-state index in [2.05, 4.69) is 31.5 Å². The molecule has 1 aliphatic heterocycles. The Kier molecular flexibility index (Phi) is 4.11. The van der Waals surface area contributed by atoms with E-state index in [0.717, 1.165) is 11.1 Å². The van der Waals surface area contributed by atoms with Gasteiger partial charge in [-0.1, -0.05) is 12.1 Å². The average molecular weight is 414 g/mol. The minimum absolute atomic E-state index is 0.0823. The minimum Gasteiger partial charge on any atom is -0.362 e. The number of hydrogen-bond donors (Lipinski definition) is 2. The first-order chi connectivity index (χ1) is 13.0. The lowest BCUT2D eigenvalue weighted by Crippen LogP contribution is -2.18. The van der Waals surface area contributed by atoms with Gasteiger partial charge < -0.3 is 10.6 Å². The van der Waals surface area contributed by atoms with Crippen molar-refractivity contribution in [3.8, 4) is 0 Å². The maximum absolute atomic E-state index is 13.4. The Morgan fingerprint density at radius 2 is 1.65 bits per heavy atom. The van der Waals surface area contributed by atoms with Crippen molar-refractivity contribution in [3.63, 3.8) is 0 Å². The monoisotopic (exact) mass is 413 g/mol. The molecule has 0 saturated carbocycles. The van der Waals surface area contributed by atoms with Crippen LogP contribution in [0, 0.1) is 5.82 Å². The summed E-state index contributed by atoms with van der Waals surface area (Å²) in [6.07, 6.45) is 6.66. The van der Waals surface area contributed by atoms with Gasteiger partial charge in [-0.3, -0.25) is 9.78 Å². The van der Waals surface area contributed by atoms with Crippen LogP contribution in [0.1, 0.15) is 24.6 Å². The first kappa shape index (κ1) is 15.5. The number of allylic oxidation sites excluding steroid dienone is 5. The zero-order valence-electron chi connectivity index (χ0n) is 14.5.